The molecule has 0 saturated heterocycles. The van der Waals surface area contributed by atoms with E-state index in [1.807, 2.05) is 19.1 Å². The third-order valence-corrected chi connectivity index (χ3v) is 5.11. The number of fused-ring (bicyclic) bond motifs is 3. The average Bonchev–Trinajstić information content (AvgIpc) is 3.06. The first-order chi connectivity index (χ1) is 14.8. The van der Waals surface area contributed by atoms with E-state index in [0.717, 1.165) is 11.6 Å². The molecule has 0 amide bonds. The van der Waals surface area contributed by atoms with Crippen molar-refractivity contribution in [1.82, 2.24) is 0 Å². The second-order valence-electron chi connectivity index (χ2n) is 6.83. The molecule has 1 aliphatic carbocycles. The highest BCUT2D eigenvalue weighted by Gasteiger charge is 2.36. The average molecular weight is 418 g/mol. The van der Waals surface area contributed by atoms with Gasteiger partial charge in [0.2, 0.25) is 0 Å². The van der Waals surface area contributed by atoms with Crippen LogP contribution >= 0.6 is 0 Å². The molecule has 31 heavy (non-hydrogen) atoms. The molecule has 3 aromatic rings. The molecule has 1 aliphatic rings. The van der Waals surface area contributed by atoms with Crippen LogP contribution in [0, 0.1) is 30.3 Å². The van der Waals surface area contributed by atoms with Gasteiger partial charge in [-0.05, 0) is 29.7 Å². The minimum Gasteiger partial charge on any atom is -0.258 e. The molecule has 154 valence electrons. The van der Waals surface area contributed by atoms with Gasteiger partial charge >= 0.3 is 0 Å². The van der Waals surface area contributed by atoms with E-state index < -0.39 is 26.1 Å². The molecule has 0 aromatic heterocycles. The summed E-state index contributed by atoms with van der Waals surface area (Å²) in [6.45, 7) is 1.94. The summed E-state index contributed by atoms with van der Waals surface area (Å²) >= 11 is 0. The highest BCUT2D eigenvalue weighted by atomic mass is 16.6. The fourth-order valence-corrected chi connectivity index (χ4v) is 3.70. The van der Waals surface area contributed by atoms with Crippen LogP contribution in [0.1, 0.15) is 23.6 Å². The number of rotatable bonds is 5. The summed E-state index contributed by atoms with van der Waals surface area (Å²) in [6, 6.07) is 13.3. The fourth-order valence-electron chi connectivity index (χ4n) is 3.70. The Kier molecular flexibility index (Phi) is 4.74. The van der Waals surface area contributed by atoms with E-state index in [1.54, 1.807) is 12.1 Å². The lowest BCUT2D eigenvalue weighted by Crippen LogP contribution is -2.02. The standard InChI is InChI=1S/C21H14N4O6/c1-2-12-5-3-4-6-18(12)22-21-16-9-13(23(26)27)7-8-15(16)20-17(21)10-14(24(28)29)11-19(20)25(30)31/h3-11H,2H2,1H3. The summed E-state index contributed by atoms with van der Waals surface area (Å²) in [4.78, 5) is 37.1. The topological polar surface area (TPSA) is 142 Å². The molecule has 0 spiro atoms. The zero-order valence-electron chi connectivity index (χ0n) is 16.1. The van der Waals surface area contributed by atoms with Crippen LogP contribution in [-0.2, 0) is 6.42 Å². The van der Waals surface area contributed by atoms with Gasteiger partial charge in [-0.2, -0.15) is 0 Å². The lowest BCUT2D eigenvalue weighted by Gasteiger charge is -2.06. The van der Waals surface area contributed by atoms with Gasteiger partial charge in [0.05, 0.1) is 37.8 Å². The maximum absolute atomic E-state index is 11.7. The summed E-state index contributed by atoms with van der Waals surface area (Å²) in [5.74, 6) is 0. The Morgan fingerprint density at radius 2 is 1.45 bits per heavy atom. The molecule has 0 N–H and O–H groups in total. The number of aryl methyl sites for hydroxylation is 1. The van der Waals surface area contributed by atoms with Crippen LogP contribution in [0.3, 0.4) is 0 Å². The summed E-state index contributed by atoms with van der Waals surface area (Å²) in [5, 5.41) is 34.5. The van der Waals surface area contributed by atoms with E-state index in [-0.39, 0.29) is 22.5 Å². The number of para-hydroxylation sites is 1. The van der Waals surface area contributed by atoms with Gasteiger partial charge in [-0.1, -0.05) is 25.1 Å². The van der Waals surface area contributed by atoms with Crippen LogP contribution in [0.5, 0.6) is 0 Å². The predicted octanol–water partition coefficient (Wildman–Crippen LogP) is 5.12. The fraction of sp³-hybridized carbons (Fsp3) is 0.0952. The van der Waals surface area contributed by atoms with Crippen LogP contribution in [0.25, 0.3) is 11.1 Å². The van der Waals surface area contributed by atoms with Crippen molar-refractivity contribution in [3.8, 4) is 11.1 Å². The third kappa shape index (κ3) is 3.29. The molecule has 0 bridgehead atoms. The van der Waals surface area contributed by atoms with Crippen LogP contribution in [0.15, 0.2) is 59.6 Å². The molecule has 0 aliphatic heterocycles. The van der Waals surface area contributed by atoms with Crippen LogP contribution in [-0.4, -0.2) is 20.5 Å². The van der Waals surface area contributed by atoms with Crippen LogP contribution in [0.2, 0.25) is 0 Å². The van der Waals surface area contributed by atoms with E-state index in [2.05, 4.69) is 4.99 Å². The van der Waals surface area contributed by atoms with Crippen LogP contribution < -0.4 is 0 Å². The number of aliphatic imine (C=N–C) groups is 1. The van der Waals surface area contributed by atoms with Gasteiger partial charge in [-0.15, -0.1) is 0 Å². The van der Waals surface area contributed by atoms with Crippen molar-refractivity contribution in [2.75, 3.05) is 0 Å². The van der Waals surface area contributed by atoms with Crippen molar-refractivity contribution in [2.45, 2.75) is 13.3 Å². The van der Waals surface area contributed by atoms with E-state index in [0.29, 0.717) is 23.2 Å². The number of hydrogen-bond acceptors (Lipinski definition) is 7. The lowest BCUT2D eigenvalue weighted by atomic mass is 10.0. The predicted molar refractivity (Wildman–Crippen MR) is 113 cm³/mol. The molecule has 10 heteroatoms. The van der Waals surface area contributed by atoms with E-state index in [1.165, 1.54) is 24.3 Å². The van der Waals surface area contributed by atoms with Gasteiger partial charge in [-0.25, -0.2) is 4.99 Å². The Hall–Kier alpha value is -4.47. The maximum atomic E-state index is 11.7. The molecular formula is C21H14N4O6. The van der Waals surface area contributed by atoms with Gasteiger partial charge in [0.15, 0.2) is 0 Å². The normalized spacial score (nSPS) is 13.0. The number of nitro groups is 3. The number of benzene rings is 3. The van der Waals surface area contributed by atoms with Crippen molar-refractivity contribution < 1.29 is 14.8 Å². The molecular weight excluding hydrogens is 404 g/mol. The summed E-state index contributed by atoms with van der Waals surface area (Å²) in [6.07, 6.45) is 0.663. The van der Waals surface area contributed by atoms with E-state index in [4.69, 9.17) is 0 Å². The highest BCUT2D eigenvalue weighted by Crippen LogP contribution is 2.46. The van der Waals surface area contributed by atoms with E-state index >= 15 is 0 Å². The van der Waals surface area contributed by atoms with Crippen molar-refractivity contribution >= 4 is 28.5 Å². The lowest BCUT2D eigenvalue weighted by molar-refractivity contribution is -0.393. The second-order valence-corrected chi connectivity index (χ2v) is 6.83. The minimum atomic E-state index is -0.712. The van der Waals surface area contributed by atoms with Crippen molar-refractivity contribution in [3.63, 3.8) is 0 Å². The number of hydrogen-bond donors (Lipinski definition) is 0. The number of nitro benzene ring substituents is 3. The Bertz CT molecular complexity index is 1320. The first-order valence-electron chi connectivity index (χ1n) is 9.24. The monoisotopic (exact) mass is 418 g/mol. The van der Waals surface area contributed by atoms with Crippen molar-refractivity contribution in [3.05, 3.63) is 102 Å². The molecule has 0 fully saturated rings. The van der Waals surface area contributed by atoms with E-state index in [9.17, 15) is 30.3 Å². The Morgan fingerprint density at radius 3 is 2.10 bits per heavy atom. The first-order valence-corrected chi connectivity index (χ1v) is 9.24. The van der Waals surface area contributed by atoms with Crippen molar-refractivity contribution in [2.24, 2.45) is 4.99 Å². The summed E-state index contributed by atoms with van der Waals surface area (Å²) in [7, 11) is 0. The molecule has 0 atom stereocenters. The first kappa shape index (κ1) is 19.8. The smallest absolute Gasteiger partial charge is 0.258 e. The van der Waals surface area contributed by atoms with Gasteiger partial charge in [-0.3, -0.25) is 30.3 Å². The molecule has 0 unspecified atom stereocenters. The maximum Gasteiger partial charge on any atom is 0.284 e. The second kappa shape index (κ2) is 7.41. The Labute approximate surface area is 174 Å². The van der Waals surface area contributed by atoms with Gasteiger partial charge in [0, 0.05) is 29.3 Å². The zero-order chi connectivity index (χ0) is 22.3. The molecule has 4 rings (SSSR count). The van der Waals surface area contributed by atoms with Gasteiger partial charge in [0.25, 0.3) is 17.1 Å². The molecule has 0 saturated carbocycles. The molecule has 3 aromatic carbocycles. The van der Waals surface area contributed by atoms with Gasteiger partial charge in [0.1, 0.15) is 0 Å². The Balaban J connectivity index is 2.10. The zero-order valence-corrected chi connectivity index (χ0v) is 16.1. The Morgan fingerprint density at radius 1 is 0.774 bits per heavy atom. The number of nitrogens with zero attached hydrogens (tertiary/aromatic N) is 4. The molecule has 0 heterocycles. The summed E-state index contributed by atoms with van der Waals surface area (Å²) < 4.78 is 0. The van der Waals surface area contributed by atoms with Crippen molar-refractivity contribution in [1.29, 1.82) is 0 Å². The largest absolute Gasteiger partial charge is 0.284 e. The quantitative estimate of drug-likeness (QED) is 0.325. The molecule has 0 radical (unpaired) electrons. The summed E-state index contributed by atoms with van der Waals surface area (Å²) in [5.41, 5.74) is 1.64. The van der Waals surface area contributed by atoms with Gasteiger partial charge < -0.3 is 0 Å². The minimum absolute atomic E-state index is 0.160. The number of non-ortho nitro benzene ring substituents is 2. The molecule has 10 nitrogen and oxygen atoms in total. The van der Waals surface area contributed by atoms with Crippen LogP contribution in [0.4, 0.5) is 22.7 Å². The highest BCUT2D eigenvalue weighted by molar-refractivity contribution is 6.27. The SMILES string of the molecule is CCc1ccccc1N=C1c2cc([N+](=O)[O-])ccc2-c2c1cc([N+](=O)[O-])cc2[N+](=O)[O-]. The third-order valence-electron chi connectivity index (χ3n) is 5.11.